The zero-order chi connectivity index (χ0) is 15.9. The Morgan fingerprint density at radius 1 is 1.14 bits per heavy atom. The lowest BCUT2D eigenvalue weighted by atomic mass is 9.89. The highest BCUT2D eigenvalue weighted by molar-refractivity contribution is 6.07. The largest absolute Gasteiger partial charge is 0.399 e. The van der Waals surface area contributed by atoms with Gasteiger partial charge in [0.25, 0.3) is 5.91 Å². The van der Waals surface area contributed by atoms with Crippen LogP contribution in [0.5, 0.6) is 0 Å². The minimum Gasteiger partial charge on any atom is -0.399 e. The van der Waals surface area contributed by atoms with E-state index in [1.807, 2.05) is 48.5 Å². The maximum Gasteiger partial charge on any atom is 0.259 e. The molecule has 0 spiro atoms. The molecule has 1 fully saturated rings. The molecule has 0 radical (unpaired) electrons. The van der Waals surface area contributed by atoms with Crippen LogP contribution in [0.25, 0.3) is 11.1 Å². The Balaban J connectivity index is 2.05. The van der Waals surface area contributed by atoms with E-state index in [2.05, 4.69) is 5.32 Å². The van der Waals surface area contributed by atoms with Crippen molar-refractivity contribution in [2.75, 3.05) is 12.8 Å². The predicted molar refractivity (Wildman–Crippen MR) is 87.3 cm³/mol. The van der Waals surface area contributed by atoms with Crippen molar-refractivity contribution in [3.63, 3.8) is 0 Å². The van der Waals surface area contributed by atoms with Crippen LogP contribution in [0.3, 0.4) is 0 Å². The number of nitrogens with two attached hydrogens (primary N) is 1. The van der Waals surface area contributed by atoms with E-state index in [9.17, 15) is 4.79 Å². The van der Waals surface area contributed by atoms with Crippen LogP contribution < -0.4 is 11.1 Å². The molecule has 0 saturated carbocycles. The van der Waals surface area contributed by atoms with Crippen LogP contribution in [0.15, 0.2) is 48.5 Å². The number of amides is 1. The Morgan fingerprint density at radius 2 is 1.77 bits per heavy atom. The molecule has 112 valence electrons. The van der Waals surface area contributed by atoms with Crippen molar-refractivity contribution in [1.82, 2.24) is 10.2 Å². The lowest BCUT2D eigenvalue weighted by Gasteiger charge is -2.22. The topological polar surface area (TPSA) is 82.2 Å². The third kappa shape index (κ3) is 2.11. The molecule has 5 nitrogen and oxygen atoms in total. The fraction of sp³-hybridized carbons (Fsp3) is 0.176. The first-order valence-electron chi connectivity index (χ1n) is 7.03. The SMILES string of the molecule is CN1C(=N)NC(C)(c2cccc(-c3cccc(N)c3)c2)C1=O. The van der Waals surface area contributed by atoms with Gasteiger partial charge in [-0.1, -0.05) is 30.3 Å². The summed E-state index contributed by atoms with van der Waals surface area (Å²) in [6.07, 6.45) is 0. The smallest absolute Gasteiger partial charge is 0.259 e. The second-order valence-electron chi connectivity index (χ2n) is 5.67. The van der Waals surface area contributed by atoms with Crippen LogP contribution in [0, 0.1) is 5.41 Å². The average molecular weight is 294 g/mol. The fourth-order valence-electron chi connectivity index (χ4n) is 2.73. The van der Waals surface area contributed by atoms with Crippen molar-refractivity contribution in [2.24, 2.45) is 0 Å². The molecule has 1 aliphatic heterocycles. The molecule has 1 saturated heterocycles. The summed E-state index contributed by atoms with van der Waals surface area (Å²) in [5.41, 5.74) is 8.44. The van der Waals surface area contributed by atoms with Gasteiger partial charge in [-0.15, -0.1) is 0 Å². The van der Waals surface area contributed by atoms with Gasteiger partial charge in [0.05, 0.1) is 0 Å². The normalized spacial score (nSPS) is 21.1. The molecule has 0 aromatic heterocycles. The van der Waals surface area contributed by atoms with E-state index in [0.717, 1.165) is 16.7 Å². The van der Waals surface area contributed by atoms with E-state index in [1.54, 1.807) is 14.0 Å². The summed E-state index contributed by atoms with van der Waals surface area (Å²) in [5.74, 6) is -0.0240. The maximum atomic E-state index is 12.4. The van der Waals surface area contributed by atoms with E-state index in [4.69, 9.17) is 11.1 Å². The molecule has 1 unspecified atom stereocenters. The summed E-state index contributed by atoms with van der Waals surface area (Å²) in [6, 6.07) is 15.4. The van der Waals surface area contributed by atoms with Crippen LogP contribution in [0.2, 0.25) is 0 Å². The number of guanidine groups is 1. The molecule has 4 N–H and O–H groups in total. The number of carbonyl (C=O) groups is 1. The van der Waals surface area contributed by atoms with Crippen LogP contribution in [0.4, 0.5) is 5.69 Å². The van der Waals surface area contributed by atoms with Crippen molar-refractivity contribution in [3.05, 3.63) is 54.1 Å². The average Bonchev–Trinajstić information content (AvgIpc) is 2.72. The second-order valence-corrected chi connectivity index (χ2v) is 5.67. The lowest BCUT2D eigenvalue weighted by molar-refractivity contribution is -0.129. The number of nitrogens with zero attached hydrogens (tertiary/aromatic N) is 1. The van der Waals surface area contributed by atoms with Crippen LogP contribution in [-0.4, -0.2) is 23.8 Å². The summed E-state index contributed by atoms with van der Waals surface area (Å²) < 4.78 is 0. The van der Waals surface area contributed by atoms with Crippen molar-refractivity contribution in [3.8, 4) is 11.1 Å². The number of nitrogen functional groups attached to an aromatic ring is 1. The number of benzene rings is 2. The van der Waals surface area contributed by atoms with Gasteiger partial charge in [-0.3, -0.25) is 15.1 Å². The standard InChI is InChI=1S/C17H18N4O/c1-17(15(22)21(2)16(19)20-17)13-7-3-5-11(9-13)12-6-4-8-14(18)10-12/h3-10H,18H2,1-2H3,(H2,19,20). The minimum atomic E-state index is -0.915. The molecule has 2 aromatic carbocycles. The van der Waals surface area contributed by atoms with E-state index in [0.29, 0.717) is 5.69 Å². The zero-order valence-electron chi connectivity index (χ0n) is 12.6. The monoisotopic (exact) mass is 294 g/mol. The van der Waals surface area contributed by atoms with Gasteiger partial charge in [-0.2, -0.15) is 0 Å². The first kappa shape index (κ1) is 14.1. The number of rotatable bonds is 2. The lowest BCUT2D eigenvalue weighted by Crippen LogP contribution is -2.40. The van der Waals surface area contributed by atoms with Gasteiger partial charge in [0.2, 0.25) is 0 Å². The summed E-state index contributed by atoms with van der Waals surface area (Å²) >= 11 is 0. The first-order chi connectivity index (χ1) is 10.4. The number of carbonyl (C=O) groups excluding carboxylic acids is 1. The van der Waals surface area contributed by atoms with E-state index < -0.39 is 5.54 Å². The Bertz CT molecular complexity index is 771. The maximum absolute atomic E-state index is 12.4. The van der Waals surface area contributed by atoms with E-state index in [-0.39, 0.29) is 11.9 Å². The number of hydrogen-bond donors (Lipinski definition) is 3. The van der Waals surface area contributed by atoms with Crippen molar-refractivity contribution in [1.29, 1.82) is 5.41 Å². The summed E-state index contributed by atoms with van der Waals surface area (Å²) in [5, 5.41) is 10.8. The van der Waals surface area contributed by atoms with Crippen LogP contribution >= 0.6 is 0 Å². The highest BCUT2D eigenvalue weighted by Crippen LogP contribution is 2.31. The van der Waals surface area contributed by atoms with Gasteiger partial charge in [-0.05, 0) is 41.8 Å². The Morgan fingerprint density at radius 3 is 2.36 bits per heavy atom. The zero-order valence-corrected chi connectivity index (χ0v) is 12.6. The van der Waals surface area contributed by atoms with Crippen molar-refractivity contribution in [2.45, 2.75) is 12.5 Å². The molecule has 5 heteroatoms. The fourth-order valence-corrected chi connectivity index (χ4v) is 2.73. The molecule has 22 heavy (non-hydrogen) atoms. The Kier molecular flexibility index (Phi) is 3.13. The molecular formula is C17H18N4O. The number of hydrogen-bond acceptors (Lipinski definition) is 3. The van der Waals surface area contributed by atoms with Gasteiger partial charge in [0.1, 0.15) is 5.54 Å². The van der Waals surface area contributed by atoms with Gasteiger partial charge >= 0.3 is 0 Å². The van der Waals surface area contributed by atoms with Crippen LogP contribution in [0.1, 0.15) is 12.5 Å². The molecule has 1 atom stereocenters. The first-order valence-corrected chi connectivity index (χ1v) is 7.03. The minimum absolute atomic E-state index is 0.113. The van der Waals surface area contributed by atoms with Crippen molar-refractivity contribution < 1.29 is 4.79 Å². The summed E-state index contributed by atoms with van der Waals surface area (Å²) in [7, 11) is 1.60. The number of anilines is 1. The third-order valence-corrected chi connectivity index (χ3v) is 4.10. The predicted octanol–water partition coefficient (Wildman–Crippen LogP) is 2.15. The second kappa shape index (κ2) is 4.87. The summed E-state index contributed by atoms with van der Waals surface area (Å²) in [6.45, 7) is 1.80. The molecule has 3 rings (SSSR count). The number of likely N-dealkylation sites (N-methyl/N-ethyl adjacent to an activating group) is 1. The molecule has 0 aliphatic carbocycles. The van der Waals surface area contributed by atoms with E-state index >= 15 is 0 Å². The van der Waals surface area contributed by atoms with Gasteiger partial charge in [-0.25, -0.2) is 0 Å². The molecule has 2 aromatic rings. The Hall–Kier alpha value is -2.82. The van der Waals surface area contributed by atoms with Gasteiger partial charge < -0.3 is 11.1 Å². The molecular weight excluding hydrogens is 276 g/mol. The molecule has 1 amide bonds. The highest BCUT2D eigenvalue weighted by Gasteiger charge is 2.45. The van der Waals surface area contributed by atoms with Gasteiger partial charge in [0.15, 0.2) is 5.96 Å². The molecule has 1 aliphatic rings. The van der Waals surface area contributed by atoms with Crippen molar-refractivity contribution >= 4 is 17.6 Å². The quantitative estimate of drug-likeness (QED) is 0.742. The molecule has 1 heterocycles. The number of nitrogens with one attached hydrogen (secondary N) is 2. The Labute approximate surface area is 129 Å². The van der Waals surface area contributed by atoms with E-state index in [1.165, 1.54) is 4.90 Å². The third-order valence-electron chi connectivity index (χ3n) is 4.10. The summed E-state index contributed by atoms with van der Waals surface area (Å²) in [4.78, 5) is 13.8. The van der Waals surface area contributed by atoms with Crippen LogP contribution in [-0.2, 0) is 10.3 Å². The highest BCUT2D eigenvalue weighted by atomic mass is 16.2. The van der Waals surface area contributed by atoms with Gasteiger partial charge in [0, 0.05) is 12.7 Å². The molecule has 0 bridgehead atoms.